The first kappa shape index (κ1) is 32.5. The summed E-state index contributed by atoms with van der Waals surface area (Å²) in [6, 6.07) is 12.9. The van der Waals surface area contributed by atoms with Gasteiger partial charge in [0.05, 0.1) is 27.4 Å². The molecular formula is C40H50O6. The van der Waals surface area contributed by atoms with Gasteiger partial charge < -0.3 is 18.9 Å². The van der Waals surface area contributed by atoms with E-state index in [-0.39, 0.29) is 21.7 Å². The number of hydrogen-bond donors (Lipinski definition) is 0. The van der Waals surface area contributed by atoms with E-state index in [1.807, 2.05) is 0 Å². The Morgan fingerprint density at radius 2 is 1.09 bits per heavy atom. The molecule has 0 amide bonds. The number of aryl methyl sites for hydroxylation is 2. The second-order valence-corrected chi connectivity index (χ2v) is 15.5. The van der Waals surface area contributed by atoms with Crippen molar-refractivity contribution in [3.63, 3.8) is 0 Å². The Morgan fingerprint density at radius 3 is 1.48 bits per heavy atom. The molecule has 6 heteroatoms. The van der Waals surface area contributed by atoms with Gasteiger partial charge in [0.15, 0.2) is 0 Å². The quantitative estimate of drug-likeness (QED) is 0.188. The lowest BCUT2D eigenvalue weighted by Gasteiger charge is -2.55. The van der Waals surface area contributed by atoms with Crippen molar-refractivity contribution in [1.29, 1.82) is 0 Å². The topological polar surface area (TPSA) is 71.1 Å². The largest absolute Gasteiger partial charge is 0.497 e. The molecule has 6 rings (SSSR count). The van der Waals surface area contributed by atoms with E-state index < -0.39 is 11.9 Å². The van der Waals surface area contributed by atoms with Crippen molar-refractivity contribution in [2.24, 2.45) is 22.7 Å². The Balaban J connectivity index is 1.07. The van der Waals surface area contributed by atoms with E-state index in [1.165, 1.54) is 22.3 Å². The van der Waals surface area contributed by atoms with Crippen LogP contribution in [0.2, 0.25) is 0 Å². The monoisotopic (exact) mass is 626 g/mol. The van der Waals surface area contributed by atoms with Crippen LogP contribution in [0.5, 0.6) is 11.5 Å². The lowest BCUT2D eigenvalue weighted by Crippen LogP contribution is -2.51. The van der Waals surface area contributed by atoms with Gasteiger partial charge >= 0.3 is 11.9 Å². The van der Waals surface area contributed by atoms with Gasteiger partial charge in [0.25, 0.3) is 0 Å². The lowest BCUT2D eigenvalue weighted by molar-refractivity contribution is -0.146. The van der Waals surface area contributed by atoms with Crippen LogP contribution >= 0.6 is 0 Å². The maximum atomic E-state index is 12.8. The molecule has 0 radical (unpaired) electrons. The first-order valence-corrected chi connectivity index (χ1v) is 17.1. The molecule has 0 N–H and O–H groups in total. The molecule has 2 unspecified atom stereocenters. The van der Waals surface area contributed by atoms with Crippen LogP contribution in [0.3, 0.4) is 0 Å². The third-order valence-corrected chi connectivity index (χ3v) is 12.7. The molecule has 246 valence electrons. The van der Waals surface area contributed by atoms with Gasteiger partial charge in [-0.25, -0.2) is 9.59 Å². The summed E-state index contributed by atoms with van der Waals surface area (Å²) in [5, 5.41) is 0. The van der Waals surface area contributed by atoms with E-state index in [9.17, 15) is 9.59 Å². The maximum Gasteiger partial charge on any atom is 0.384 e. The molecule has 2 aromatic carbocycles. The molecule has 2 fully saturated rings. The van der Waals surface area contributed by atoms with Crippen molar-refractivity contribution >= 4 is 11.9 Å². The number of rotatable bonds is 6. The Labute approximate surface area is 274 Å². The third kappa shape index (κ3) is 5.69. The van der Waals surface area contributed by atoms with E-state index in [0.717, 1.165) is 75.7 Å². The first-order chi connectivity index (χ1) is 21.9. The lowest BCUT2D eigenvalue weighted by atomic mass is 9.50. The number of esters is 2. The molecule has 46 heavy (non-hydrogen) atoms. The van der Waals surface area contributed by atoms with Gasteiger partial charge in [0, 0.05) is 22.7 Å². The SMILES string of the molecule is COc1ccc2c(c1)[C@@]1(C)CCC[C@](C)(COC(=O)C#CC(=O)OC[C@@]3(C)CCC[C@]4(C)c5cc(OC)ccc5CCC34)C1CC2. The number of hydrogen-bond acceptors (Lipinski definition) is 6. The van der Waals surface area contributed by atoms with Crippen LogP contribution in [0.15, 0.2) is 36.4 Å². The van der Waals surface area contributed by atoms with E-state index in [2.05, 4.69) is 75.9 Å². The van der Waals surface area contributed by atoms with Crippen LogP contribution in [0, 0.1) is 34.5 Å². The second-order valence-electron chi connectivity index (χ2n) is 15.5. The molecule has 0 spiro atoms. The summed E-state index contributed by atoms with van der Waals surface area (Å²) in [7, 11) is 3.43. The molecule has 2 saturated carbocycles. The highest BCUT2D eigenvalue weighted by Crippen LogP contribution is 2.59. The summed E-state index contributed by atoms with van der Waals surface area (Å²) in [6.45, 7) is 9.80. The van der Waals surface area contributed by atoms with E-state index in [0.29, 0.717) is 25.0 Å². The highest BCUT2D eigenvalue weighted by molar-refractivity contribution is 5.98. The van der Waals surface area contributed by atoms with Gasteiger partial charge in [0.2, 0.25) is 0 Å². The van der Waals surface area contributed by atoms with Crippen molar-refractivity contribution in [2.45, 2.75) is 103 Å². The average Bonchev–Trinajstić information content (AvgIpc) is 3.05. The number of carbonyl (C=O) groups is 2. The first-order valence-electron chi connectivity index (χ1n) is 17.1. The Kier molecular flexibility index (Phi) is 8.68. The maximum absolute atomic E-state index is 12.8. The second kappa shape index (κ2) is 12.3. The van der Waals surface area contributed by atoms with Crippen LogP contribution in [0.1, 0.15) is 101 Å². The van der Waals surface area contributed by atoms with Crippen LogP contribution in [-0.2, 0) is 42.7 Å². The fourth-order valence-electron chi connectivity index (χ4n) is 10.4. The predicted octanol–water partition coefficient (Wildman–Crippen LogP) is 7.51. The smallest absolute Gasteiger partial charge is 0.384 e. The van der Waals surface area contributed by atoms with Crippen molar-refractivity contribution in [1.82, 2.24) is 0 Å². The Morgan fingerprint density at radius 1 is 0.674 bits per heavy atom. The van der Waals surface area contributed by atoms with Crippen molar-refractivity contribution in [3.05, 3.63) is 58.7 Å². The molecule has 4 aliphatic carbocycles. The number of benzene rings is 2. The zero-order chi connectivity index (χ0) is 32.7. The van der Waals surface area contributed by atoms with Gasteiger partial charge in [-0.1, -0.05) is 52.7 Å². The predicted molar refractivity (Wildman–Crippen MR) is 178 cm³/mol. The molecule has 0 heterocycles. The van der Waals surface area contributed by atoms with Crippen molar-refractivity contribution in [3.8, 4) is 23.3 Å². The third-order valence-electron chi connectivity index (χ3n) is 12.7. The molecule has 0 aliphatic heterocycles. The summed E-state index contributed by atoms with van der Waals surface area (Å²) >= 11 is 0. The Bertz CT molecular complexity index is 1450. The molecule has 0 aromatic heterocycles. The van der Waals surface area contributed by atoms with E-state index in [4.69, 9.17) is 18.9 Å². The van der Waals surface area contributed by atoms with Gasteiger partial charge in [0.1, 0.15) is 11.5 Å². The molecule has 6 atom stereocenters. The minimum Gasteiger partial charge on any atom is -0.497 e. The van der Waals surface area contributed by atoms with Gasteiger partial charge in [-0.05, 0) is 121 Å². The summed E-state index contributed by atoms with van der Waals surface area (Å²) in [5.41, 5.74) is 5.17. The van der Waals surface area contributed by atoms with Gasteiger partial charge in [-0.2, -0.15) is 0 Å². The van der Waals surface area contributed by atoms with Gasteiger partial charge in [-0.15, -0.1) is 0 Å². The summed E-state index contributed by atoms with van der Waals surface area (Å²) in [4.78, 5) is 25.6. The fraction of sp³-hybridized carbons (Fsp3) is 0.600. The van der Waals surface area contributed by atoms with E-state index in [1.54, 1.807) is 14.2 Å². The Hall–Kier alpha value is -3.46. The summed E-state index contributed by atoms with van der Waals surface area (Å²) in [6.07, 6.45) is 10.4. The highest BCUT2D eigenvalue weighted by Gasteiger charge is 2.53. The number of methoxy groups -OCH3 is 2. The zero-order valence-corrected chi connectivity index (χ0v) is 28.6. The molecule has 0 saturated heterocycles. The van der Waals surface area contributed by atoms with Crippen LogP contribution in [0.4, 0.5) is 0 Å². The van der Waals surface area contributed by atoms with Crippen LogP contribution in [0.25, 0.3) is 0 Å². The van der Waals surface area contributed by atoms with Crippen LogP contribution < -0.4 is 9.47 Å². The highest BCUT2D eigenvalue weighted by atomic mass is 16.5. The molecule has 2 aromatic rings. The molecule has 0 bridgehead atoms. The fourth-order valence-corrected chi connectivity index (χ4v) is 10.4. The number of carbonyl (C=O) groups excluding carboxylic acids is 2. The zero-order valence-electron chi connectivity index (χ0n) is 28.6. The van der Waals surface area contributed by atoms with Crippen molar-refractivity contribution in [2.75, 3.05) is 27.4 Å². The molecule has 6 nitrogen and oxygen atoms in total. The van der Waals surface area contributed by atoms with Crippen molar-refractivity contribution < 1.29 is 28.5 Å². The average molecular weight is 627 g/mol. The number of fused-ring (bicyclic) bond motifs is 6. The minimum atomic E-state index is -0.669. The number of ether oxygens (including phenoxy) is 4. The van der Waals surface area contributed by atoms with Gasteiger partial charge in [-0.3, -0.25) is 0 Å². The summed E-state index contributed by atoms with van der Waals surface area (Å²) in [5.74, 6) is 6.02. The minimum absolute atomic E-state index is 0.00516. The standard InChI is InChI=1S/C40H50O6/c1-37(19-7-21-39(3)31-23-29(43-5)13-9-27(31)11-15-33(37)39)25-45-35(41)17-18-36(42)46-26-38(2)20-8-22-40(4)32-24-30(44-6)14-10-28(32)12-16-34(38)40/h9-10,13-14,23-24,33-34H,7-8,11-12,15-16,19-22,25-26H2,1-6H3/t33?,34?,37-,38-,39-,40-/m1/s1. The normalized spacial score (nSPS) is 32.7. The molecule has 4 aliphatic rings. The van der Waals surface area contributed by atoms with E-state index >= 15 is 0 Å². The summed E-state index contributed by atoms with van der Waals surface area (Å²) < 4.78 is 22.6. The van der Waals surface area contributed by atoms with Crippen LogP contribution in [-0.4, -0.2) is 39.4 Å². The molecular weight excluding hydrogens is 576 g/mol.